The van der Waals surface area contributed by atoms with Crippen molar-refractivity contribution >= 4 is 39.0 Å². The molecule has 0 spiro atoms. The molecule has 12 nitrogen and oxygen atoms in total. The maximum absolute atomic E-state index is 13.4. The lowest BCUT2D eigenvalue weighted by Gasteiger charge is -2.37. The number of carbonyl (C=O) groups is 2. The molecular formula is C28H32F3N7O5S. The van der Waals surface area contributed by atoms with E-state index in [4.69, 9.17) is 5.73 Å². The minimum atomic E-state index is -4.76. The summed E-state index contributed by atoms with van der Waals surface area (Å²) in [7, 11) is -3.74. The van der Waals surface area contributed by atoms with Gasteiger partial charge in [0, 0.05) is 30.4 Å². The van der Waals surface area contributed by atoms with Crippen molar-refractivity contribution in [3.63, 3.8) is 0 Å². The fourth-order valence-electron chi connectivity index (χ4n) is 6.17. The highest BCUT2D eigenvalue weighted by molar-refractivity contribution is 7.92. The van der Waals surface area contributed by atoms with Crippen molar-refractivity contribution in [1.29, 1.82) is 0 Å². The summed E-state index contributed by atoms with van der Waals surface area (Å²) in [6, 6.07) is 4.27. The highest BCUT2D eigenvalue weighted by Crippen LogP contribution is 2.42. The first-order chi connectivity index (χ1) is 20.5. The largest absolute Gasteiger partial charge is 0.417 e. The van der Waals surface area contributed by atoms with Gasteiger partial charge in [-0.05, 0) is 75.1 Å². The Morgan fingerprint density at radius 1 is 1.20 bits per heavy atom. The third-order valence-corrected chi connectivity index (χ3v) is 9.43. The number of hydrogen-bond donors (Lipinski definition) is 4. The zero-order valence-electron chi connectivity index (χ0n) is 24.0. The number of nitrogen functional groups attached to an aromatic ring is 1. The highest BCUT2D eigenvalue weighted by Gasteiger charge is 2.54. The van der Waals surface area contributed by atoms with Crippen LogP contribution in [0.5, 0.6) is 0 Å². The van der Waals surface area contributed by atoms with Gasteiger partial charge < -0.3 is 21.1 Å². The highest BCUT2D eigenvalue weighted by atomic mass is 32.2. The lowest BCUT2D eigenvalue weighted by Crippen LogP contribution is -2.51. The molecule has 2 saturated carbocycles. The number of rotatable bonds is 7. The minimum absolute atomic E-state index is 0.00109. The molecule has 44 heavy (non-hydrogen) atoms. The number of fused-ring (bicyclic) bond motifs is 2. The molecule has 5 N–H and O–H groups in total. The van der Waals surface area contributed by atoms with E-state index < -0.39 is 46.6 Å². The van der Waals surface area contributed by atoms with Crippen molar-refractivity contribution in [2.45, 2.75) is 75.9 Å². The van der Waals surface area contributed by atoms with Gasteiger partial charge in [-0.25, -0.2) is 17.9 Å². The summed E-state index contributed by atoms with van der Waals surface area (Å²) in [5, 5.41) is 16.8. The van der Waals surface area contributed by atoms with Gasteiger partial charge in [-0.2, -0.15) is 13.2 Å². The molecule has 16 heteroatoms. The number of nitrogens with one attached hydrogen (secondary N) is 2. The molecule has 2 amide bonds. The summed E-state index contributed by atoms with van der Waals surface area (Å²) in [5.41, 5.74) is 5.16. The number of halogens is 3. The van der Waals surface area contributed by atoms with Crippen molar-refractivity contribution < 1.29 is 36.3 Å². The summed E-state index contributed by atoms with van der Waals surface area (Å²) in [6.45, 7) is 2.29. The van der Waals surface area contributed by atoms with Crippen LogP contribution in [-0.4, -0.2) is 75.0 Å². The fourth-order valence-corrected chi connectivity index (χ4v) is 6.73. The van der Waals surface area contributed by atoms with E-state index in [1.165, 1.54) is 16.8 Å². The zero-order chi connectivity index (χ0) is 31.8. The normalized spacial score (nSPS) is 23.1. The smallest absolute Gasteiger partial charge is 0.381 e. The second kappa shape index (κ2) is 10.3. The van der Waals surface area contributed by atoms with Crippen LogP contribution in [0.4, 0.5) is 24.7 Å². The monoisotopic (exact) mass is 635 g/mol. The predicted octanol–water partition coefficient (Wildman–Crippen LogP) is 3.07. The van der Waals surface area contributed by atoms with Gasteiger partial charge in [0.15, 0.2) is 17.1 Å². The van der Waals surface area contributed by atoms with Crippen LogP contribution in [0.15, 0.2) is 24.4 Å². The molecule has 0 radical (unpaired) electrons. The molecule has 1 atom stereocenters. The molecule has 1 unspecified atom stereocenters. The Balaban J connectivity index is 1.32. The third kappa shape index (κ3) is 5.44. The molecule has 236 valence electrons. The topological polar surface area (TPSA) is 172 Å². The van der Waals surface area contributed by atoms with E-state index in [-0.39, 0.29) is 53.1 Å². The molecule has 3 aromatic rings. The quantitative estimate of drug-likeness (QED) is 0.307. The molecule has 2 aromatic heterocycles. The van der Waals surface area contributed by atoms with Gasteiger partial charge in [-0.3, -0.25) is 14.3 Å². The molecule has 2 fully saturated rings. The number of hydrogen-bond acceptors (Lipinski definition) is 8. The number of aromatic nitrogens is 3. The Kier molecular flexibility index (Phi) is 7.07. The van der Waals surface area contributed by atoms with Crippen molar-refractivity contribution in [1.82, 2.24) is 24.8 Å². The average molecular weight is 636 g/mol. The molecule has 3 aliphatic rings. The maximum Gasteiger partial charge on any atom is 0.417 e. The van der Waals surface area contributed by atoms with Crippen molar-refractivity contribution in [2.75, 3.05) is 16.7 Å². The Hall–Kier alpha value is -3.92. The van der Waals surface area contributed by atoms with Gasteiger partial charge in [0.05, 0.1) is 23.2 Å². The molecule has 1 aliphatic heterocycles. The van der Waals surface area contributed by atoms with Crippen molar-refractivity contribution in [3.8, 4) is 11.3 Å². The first-order valence-electron chi connectivity index (χ1n) is 14.3. The Morgan fingerprint density at radius 3 is 2.50 bits per heavy atom. The number of carbonyl (C=O) groups excluding carboxylic acids is 2. The van der Waals surface area contributed by atoms with E-state index in [1.54, 1.807) is 17.0 Å². The van der Waals surface area contributed by atoms with Crippen molar-refractivity contribution in [2.24, 2.45) is 5.92 Å². The SMILES string of the molecule is CC(C1CC1)N1Cc2cc(-c3ccn4nc(N)c(C(=O)NC5CCC(O)(C(F)(F)F)CC5)c4n3)cc(NS(C)(=O)=O)c2C1=O. The van der Waals surface area contributed by atoms with Crippen LogP contribution in [0.2, 0.25) is 0 Å². The Morgan fingerprint density at radius 2 is 1.89 bits per heavy atom. The van der Waals surface area contributed by atoms with E-state index in [2.05, 4.69) is 20.1 Å². The molecule has 6 rings (SSSR count). The van der Waals surface area contributed by atoms with Crippen LogP contribution in [0.25, 0.3) is 16.9 Å². The van der Waals surface area contributed by atoms with Crippen LogP contribution in [0.3, 0.4) is 0 Å². The van der Waals surface area contributed by atoms with Gasteiger partial charge in [0.2, 0.25) is 10.0 Å². The standard InChI is InChI=1S/C28H32F3N7O5S/c1-14(15-3-4-15)37-13-17-11-16(12-20(21(17)26(37)40)36-44(2,42)43)19-7-10-38-24(34-19)22(23(32)35-38)25(39)33-18-5-8-27(41,9-6-18)28(29,30)31/h7,10-12,14-15,18,36,41H,3-6,8-9,13H2,1-2H3,(H2,32,35)(H,33,39). The Labute approximate surface area is 250 Å². The number of sulfonamides is 1. The molecule has 1 aromatic carbocycles. The molecule has 0 bridgehead atoms. The minimum Gasteiger partial charge on any atom is -0.381 e. The van der Waals surface area contributed by atoms with E-state index in [0.29, 0.717) is 29.3 Å². The van der Waals surface area contributed by atoms with Crippen molar-refractivity contribution in [3.05, 3.63) is 41.1 Å². The zero-order valence-corrected chi connectivity index (χ0v) is 24.8. The van der Waals surface area contributed by atoms with E-state index in [0.717, 1.165) is 19.1 Å². The second-order valence-electron chi connectivity index (χ2n) is 12.1. The molecule has 2 aliphatic carbocycles. The first-order valence-corrected chi connectivity index (χ1v) is 16.1. The van der Waals surface area contributed by atoms with E-state index >= 15 is 0 Å². The number of alkyl halides is 3. The van der Waals surface area contributed by atoms with Gasteiger partial charge in [0.25, 0.3) is 11.8 Å². The van der Waals surface area contributed by atoms with Crippen LogP contribution in [0, 0.1) is 5.92 Å². The number of benzene rings is 1. The molecular weight excluding hydrogens is 603 g/mol. The van der Waals surface area contributed by atoms with E-state index in [9.17, 15) is 36.3 Å². The first kappa shape index (κ1) is 30.1. The third-order valence-electron chi connectivity index (χ3n) is 8.84. The Bertz CT molecular complexity index is 1780. The van der Waals surface area contributed by atoms with Gasteiger partial charge in [-0.1, -0.05) is 0 Å². The summed E-state index contributed by atoms with van der Waals surface area (Å²) in [5.74, 6) is -0.657. The summed E-state index contributed by atoms with van der Waals surface area (Å²) in [4.78, 5) is 33.0. The van der Waals surface area contributed by atoms with Gasteiger partial charge >= 0.3 is 6.18 Å². The van der Waals surface area contributed by atoms with E-state index in [1.807, 2.05) is 6.92 Å². The average Bonchev–Trinajstić information content (AvgIpc) is 3.65. The lowest BCUT2D eigenvalue weighted by atomic mass is 9.81. The van der Waals surface area contributed by atoms with Gasteiger partial charge in [-0.15, -0.1) is 5.10 Å². The van der Waals surface area contributed by atoms with Crippen LogP contribution in [-0.2, 0) is 16.6 Å². The fraction of sp³-hybridized carbons (Fsp3) is 0.500. The summed E-state index contributed by atoms with van der Waals surface area (Å²) in [6.07, 6.45) is -1.43. The summed E-state index contributed by atoms with van der Waals surface area (Å²) < 4.78 is 67.9. The van der Waals surface area contributed by atoms with Gasteiger partial charge in [0.1, 0.15) is 5.56 Å². The predicted molar refractivity (Wildman–Crippen MR) is 154 cm³/mol. The number of aliphatic hydroxyl groups is 1. The maximum atomic E-state index is 13.4. The van der Waals surface area contributed by atoms with Crippen LogP contribution >= 0.6 is 0 Å². The number of nitrogens with two attached hydrogens (primary N) is 1. The summed E-state index contributed by atoms with van der Waals surface area (Å²) >= 11 is 0. The van der Waals surface area contributed by atoms with Crippen LogP contribution in [0.1, 0.15) is 71.7 Å². The lowest BCUT2D eigenvalue weighted by molar-refractivity contribution is -0.270. The van der Waals surface area contributed by atoms with Crippen LogP contribution < -0.4 is 15.8 Å². The number of amides is 2. The molecule has 0 saturated heterocycles. The number of nitrogens with zero attached hydrogens (tertiary/aromatic N) is 4. The molecule has 3 heterocycles. The number of anilines is 2. The second-order valence-corrected chi connectivity index (χ2v) is 13.8.